The molecular formula is C22H27NO6. The number of hydrogen-bond acceptors (Lipinski definition) is 7. The van der Waals surface area contributed by atoms with E-state index >= 15 is 0 Å². The van der Waals surface area contributed by atoms with Crippen LogP contribution in [0.3, 0.4) is 0 Å². The highest BCUT2D eigenvalue weighted by molar-refractivity contribution is 5.62. The van der Waals surface area contributed by atoms with E-state index in [0.29, 0.717) is 23.7 Å². The number of ether oxygens (including phenoxy) is 5. The Morgan fingerprint density at radius 2 is 1.90 bits per heavy atom. The molecule has 2 heterocycles. The summed E-state index contributed by atoms with van der Waals surface area (Å²) in [5.74, 6) is 3.33. The maximum atomic E-state index is 10.1. The van der Waals surface area contributed by atoms with E-state index in [-0.39, 0.29) is 19.4 Å². The number of benzene rings is 2. The van der Waals surface area contributed by atoms with Crippen LogP contribution in [0.5, 0.6) is 28.7 Å². The molecule has 2 aromatic rings. The Morgan fingerprint density at radius 3 is 2.59 bits per heavy atom. The minimum atomic E-state index is -0.128. The Morgan fingerprint density at radius 1 is 1.10 bits per heavy atom. The predicted molar refractivity (Wildman–Crippen MR) is 107 cm³/mol. The molecule has 0 radical (unpaired) electrons. The fraction of sp³-hybridized carbons (Fsp3) is 0.455. The van der Waals surface area contributed by atoms with Crippen molar-refractivity contribution in [3.05, 3.63) is 40.5 Å². The van der Waals surface area contributed by atoms with Crippen molar-refractivity contribution in [2.75, 3.05) is 41.7 Å². The average Bonchev–Trinajstić information content (AvgIpc) is 3.21. The van der Waals surface area contributed by atoms with E-state index in [4.69, 9.17) is 23.7 Å². The van der Waals surface area contributed by atoms with Crippen LogP contribution >= 0.6 is 0 Å². The molecule has 2 aromatic carbocycles. The molecule has 4 rings (SSSR count). The third-order valence-electron chi connectivity index (χ3n) is 5.86. The Hall–Kier alpha value is -2.64. The lowest BCUT2D eigenvalue weighted by atomic mass is 9.86. The molecule has 2 aliphatic rings. The van der Waals surface area contributed by atoms with E-state index in [9.17, 15) is 5.11 Å². The van der Waals surface area contributed by atoms with Gasteiger partial charge in [0.2, 0.25) is 12.5 Å². The zero-order valence-corrected chi connectivity index (χ0v) is 17.3. The Kier molecular flexibility index (Phi) is 5.43. The quantitative estimate of drug-likeness (QED) is 0.798. The highest BCUT2D eigenvalue weighted by atomic mass is 16.7. The van der Waals surface area contributed by atoms with Crippen LogP contribution in [0.1, 0.15) is 28.3 Å². The van der Waals surface area contributed by atoms with Gasteiger partial charge in [-0.3, -0.25) is 4.90 Å². The van der Waals surface area contributed by atoms with E-state index < -0.39 is 0 Å². The number of rotatable bonds is 6. The van der Waals surface area contributed by atoms with Gasteiger partial charge in [-0.2, -0.15) is 0 Å². The number of aliphatic hydroxyl groups excluding tert-OH is 1. The second-order valence-corrected chi connectivity index (χ2v) is 7.26. The van der Waals surface area contributed by atoms with Crippen molar-refractivity contribution < 1.29 is 28.8 Å². The van der Waals surface area contributed by atoms with Gasteiger partial charge in [0.25, 0.3) is 0 Å². The summed E-state index contributed by atoms with van der Waals surface area (Å²) in [7, 11) is 6.96. The lowest BCUT2D eigenvalue weighted by Crippen LogP contribution is -2.34. The van der Waals surface area contributed by atoms with Gasteiger partial charge in [-0.05, 0) is 43.1 Å². The maximum Gasteiger partial charge on any atom is 0.231 e. The monoisotopic (exact) mass is 401 g/mol. The Bertz CT molecular complexity index is 913. The van der Waals surface area contributed by atoms with Gasteiger partial charge in [0.05, 0.1) is 27.9 Å². The standard InChI is InChI=1S/C22H27NO6/c1-23-8-7-14-10-18-21(29-12-28-18)22(27-4)19(14)16(23)9-13-5-6-17(25-2)20(26-3)15(13)11-24/h5-6,10,16,24H,7-9,11-12H2,1-4H3. The van der Waals surface area contributed by atoms with E-state index in [2.05, 4.69) is 18.0 Å². The van der Waals surface area contributed by atoms with E-state index in [1.54, 1.807) is 21.3 Å². The van der Waals surface area contributed by atoms with Crippen LogP contribution in [0, 0.1) is 0 Å². The summed E-state index contributed by atoms with van der Waals surface area (Å²) in [5.41, 5.74) is 4.08. The predicted octanol–water partition coefficient (Wildman–Crippen LogP) is 2.71. The normalized spacial score (nSPS) is 17.8. The summed E-state index contributed by atoms with van der Waals surface area (Å²) in [6, 6.07) is 6.01. The molecule has 0 amide bonds. The molecule has 1 N–H and O–H groups in total. The molecule has 0 aromatic heterocycles. The number of methoxy groups -OCH3 is 3. The largest absolute Gasteiger partial charge is 0.493 e. The van der Waals surface area contributed by atoms with Gasteiger partial charge in [-0.15, -0.1) is 0 Å². The molecule has 0 aliphatic carbocycles. The smallest absolute Gasteiger partial charge is 0.231 e. The molecule has 29 heavy (non-hydrogen) atoms. The van der Waals surface area contributed by atoms with E-state index in [0.717, 1.165) is 41.2 Å². The van der Waals surface area contributed by atoms with Crippen molar-refractivity contribution in [2.45, 2.75) is 25.5 Å². The van der Waals surface area contributed by atoms with Gasteiger partial charge in [0.1, 0.15) is 0 Å². The second kappa shape index (κ2) is 8.00. The minimum absolute atomic E-state index is 0.0617. The summed E-state index contributed by atoms with van der Waals surface area (Å²) < 4.78 is 28.0. The Labute approximate surface area is 170 Å². The molecule has 0 fully saturated rings. The first-order valence-corrected chi connectivity index (χ1v) is 9.66. The van der Waals surface area contributed by atoms with E-state index in [1.807, 2.05) is 12.1 Å². The molecule has 2 aliphatic heterocycles. The average molecular weight is 401 g/mol. The topological polar surface area (TPSA) is 69.6 Å². The summed E-state index contributed by atoms with van der Waals surface area (Å²) in [5, 5.41) is 10.1. The van der Waals surface area contributed by atoms with Crippen molar-refractivity contribution >= 4 is 0 Å². The highest BCUT2D eigenvalue weighted by Gasteiger charge is 2.34. The van der Waals surface area contributed by atoms with Gasteiger partial charge in [0.15, 0.2) is 23.0 Å². The lowest BCUT2D eigenvalue weighted by Gasteiger charge is -2.36. The van der Waals surface area contributed by atoms with Crippen LogP contribution in [0.15, 0.2) is 18.2 Å². The molecule has 0 spiro atoms. The van der Waals surface area contributed by atoms with Gasteiger partial charge in [-0.25, -0.2) is 0 Å². The van der Waals surface area contributed by atoms with Crippen LogP contribution in [-0.4, -0.2) is 51.7 Å². The van der Waals surface area contributed by atoms with Crippen molar-refractivity contribution in [2.24, 2.45) is 0 Å². The SMILES string of the molecule is COc1ccc(CC2c3c(cc4c(c3OC)OCO4)CCN2C)c(CO)c1OC. The second-order valence-electron chi connectivity index (χ2n) is 7.26. The summed E-state index contributed by atoms with van der Waals surface area (Å²) >= 11 is 0. The number of likely N-dealkylation sites (N-methyl/N-ethyl adjacent to an activating group) is 1. The summed E-state index contributed by atoms with van der Waals surface area (Å²) in [4.78, 5) is 2.31. The maximum absolute atomic E-state index is 10.1. The van der Waals surface area contributed by atoms with Crippen LogP contribution in [-0.2, 0) is 19.4 Å². The molecule has 156 valence electrons. The zero-order valence-electron chi connectivity index (χ0n) is 17.3. The minimum Gasteiger partial charge on any atom is -0.493 e. The molecule has 1 atom stereocenters. The lowest BCUT2D eigenvalue weighted by molar-refractivity contribution is 0.170. The van der Waals surface area contributed by atoms with Gasteiger partial charge < -0.3 is 28.8 Å². The molecule has 7 nitrogen and oxygen atoms in total. The van der Waals surface area contributed by atoms with E-state index in [1.165, 1.54) is 5.56 Å². The highest BCUT2D eigenvalue weighted by Crippen LogP contribution is 2.50. The molecule has 7 heteroatoms. The summed E-state index contributed by atoms with van der Waals surface area (Å²) in [6.07, 6.45) is 1.60. The van der Waals surface area contributed by atoms with Crippen molar-refractivity contribution in [3.8, 4) is 28.7 Å². The van der Waals surface area contributed by atoms with Crippen LogP contribution in [0.25, 0.3) is 0 Å². The molecule has 0 bridgehead atoms. The van der Waals surface area contributed by atoms with Crippen molar-refractivity contribution in [1.82, 2.24) is 4.90 Å². The van der Waals surface area contributed by atoms with Crippen LogP contribution < -0.4 is 23.7 Å². The number of aliphatic hydroxyl groups is 1. The first-order chi connectivity index (χ1) is 14.1. The third kappa shape index (κ3) is 3.24. The first kappa shape index (κ1) is 19.7. The van der Waals surface area contributed by atoms with Gasteiger partial charge >= 0.3 is 0 Å². The molecule has 1 unspecified atom stereocenters. The number of nitrogens with zero attached hydrogens (tertiary/aromatic N) is 1. The zero-order chi connectivity index (χ0) is 20.5. The summed E-state index contributed by atoms with van der Waals surface area (Å²) in [6.45, 7) is 0.999. The Balaban J connectivity index is 1.80. The van der Waals surface area contributed by atoms with Crippen LogP contribution in [0.4, 0.5) is 0 Å². The molecule has 0 saturated carbocycles. The third-order valence-corrected chi connectivity index (χ3v) is 5.86. The fourth-order valence-corrected chi connectivity index (χ4v) is 4.39. The van der Waals surface area contributed by atoms with Gasteiger partial charge in [0, 0.05) is 23.7 Å². The van der Waals surface area contributed by atoms with Crippen molar-refractivity contribution in [3.63, 3.8) is 0 Å². The van der Waals surface area contributed by atoms with Crippen LogP contribution in [0.2, 0.25) is 0 Å². The van der Waals surface area contributed by atoms with Gasteiger partial charge in [-0.1, -0.05) is 6.07 Å². The van der Waals surface area contributed by atoms with Crippen molar-refractivity contribution in [1.29, 1.82) is 0 Å². The fourth-order valence-electron chi connectivity index (χ4n) is 4.39. The molecular weight excluding hydrogens is 374 g/mol. The first-order valence-electron chi connectivity index (χ1n) is 9.66. The number of fused-ring (bicyclic) bond motifs is 2. The number of hydrogen-bond donors (Lipinski definition) is 1. The molecule has 0 saturated heterocycles.